The number of anilines is 1. The molecule has 1 heterocycles. The van der Waals surface area contributed by atoms with Crippen molar-refractivity contribution in [3.8, 4) is 0 Å². The number of benzene rings is 1. The third-order valence-electron chi connectivity index (χ3n) is 2.49. The van der Waals surface area contributed by atoms with Gasteiger partial charge in [0.25, 0.3) is 15.7 Å². The number of non-ortho nitro benzene ring substituents is 1. The summed E-state index contributed by atoms with van der Waals surface area (Å²) in [5.74, 6) is -0.962. The van der Waals surface area contributed by atoms with Gasteiger partial charge in [-0.05, 0) is 6.07 Å². The molecule has 8 nitrogen and oxygen atoms in total. The number of nitrogens with one attached hydrogen (secondary N) is 1. The summed E-state index contributed by atoms with van der Waals surface area (Å²) in [6.07, 6.45) is 1.17. The van der Waals surface area contributed by atoms with Gasteiger partial charge in [0, 0.05) is 19.2 Å². The van der Waals surface area contributed by atoms with Gasteiger partial charge in [-0.15, -0.1) is 0 Å². The van der Waals surface area contributed by atoms with Crippen LogP contribution in [0.15, 0.2) is 29.6 Å². The molecule has 0 unspecified atom stereocenters. The van der Waals surface area contributed by atoms with Crippen molar-refractivity contribution in [2.24, 2.45) is 7.05 Å². The molecule has 0 saturated carbocycles. The minimum absolute atomic E-state index is 0.173. The van der Waals surface area contributed by atoms with E-state index in [1.807, 2.05) is 4.72 Å². The van der Waals surface area contributed by atoms with Gasteiger partial charge < -0.3 is 4.57 Å². The first-order valence-corrected chi connectivity index (χ1v) is 7.22. The van der Waals surface area contributed by atoms with Crippen LogP contribution >= 0.6 is 11.6 Å². The van der Waals surface area contributed by atoms with Crippen molar-refractivity contribution in [2.45, 2.75) is 5.03 Å². The van der Waals surface area contributed by atoms with Gasteiger partial charge in [0.05, 0.1) is 16.9 Å². The molecule has 0 saturated heterocycles. The minimum Gasteiger partial charge on any atom is -0.324 e. The van der Waals surface area contributed by atoms with Crippen LogP contribution in [0.4, 0.5) is 15.8 Å². The Balaban J connectivity index is 2.44. The van der Waals surface area contributed by atoms with Crippen molar-refractivity contribution < 1.29 is 17.7 Å². The fourth-order valence-corrected chi connectivity index (χ4v) is 2.96. The molecule has 0 aliphatic carbocycles. The van der Waals surface area contributed by atoms with Gasteiger partial charge in [0.15, 0.2) is 0 Å². The van der Waals surface area contributed by atoms with E-state index in [2.05, 4.69) is 4.98 Å². The van der Waals surface area contributed by atoms with Crippen LogP contribution in [-0.2, 0) is 17.1 Å². The van der Waals surface area contributed by atoms with E-state index in [-0.39, 0.29) is 5.15 Å². The number of halogens is 2. The molecule has 0 aliphatic rings. The van der Waals surface area contributed by atoms with Gasteiger partial charge in [-0.1, -0.05) is 11.6 Å². The largest absolute Gasteiger partial charge is 0.324 e. The lowest BCUT2D eigenvalue weighted by Gasteiger charge is -2.07. The summed E-state index contributed by atoms with van der Waals surface area (Å²) >= 11 is 5.76. The first-order valence-electron chi connectivity index (χ1n) is 5.36. The first-order chi connectivity index (χ1) is 9.72. The molecule has 0 amide bonds. The molecule has 11 heteroatoms. The third kappa shape index (κ3) is 2.95. The van der Waals surface area contributed by atoms with E-state index in [1.165, 1.54) is 17.9 Å². The summed E-state index contributed by atoms with van der Waals surface area (Å²) in [6, 6.07) is 2.47. The van der Waals surface area contributed by atoms with E-state index in [0.717, 1.165) is 18.2 Å². The zero-order valence-electron chi connectivity index (χ0n) is 10.4. The Morgan fingerprint density at radius 1 is 1.48 bits per heavy atom. The van der Waals surface area contributed by atoms with Crippen molar-refractivity contribution in [3.63, 3.8) is 0 Å². The molecule has 0 bridgehead atoms. The van der Waals surface area contributed by atoms with Crippen molar-refractivity contribution in [2.75, 3.05) is 4.72 Å². The molecule has 2 aromatic rings. The second kappa shape index (κ2) is 5.30. The Labute approximate surface area is 123 Å². The van der Waals surface area contributed by atoms with Crippen molar-refractivity contribution in [3.05, 3.63) is 45.6 Å². The molecule has 1 aromatic carbocycles. The second-order valence-corrected chi connectivity index (χ2v) is 5.93. The molecule has 0 fully saturated rings. The highest BCUT2D eigenvalue weighted by Gasteiger charge is 2.24. The Morgan fingerprint density at radius 2 is 2.14 bits per heavy atom. The molecular weight excluding hydrogens is 327 g/mol. The van der Waals surface area contributed by atoms with Crippen LogP contribution in [0, 0.1) is 15.9 Å². The van der Waals surface area contributed by atoms with Crippen LogP contribution in [0.5, 0.6) is 0 Å². The number of rotatable bonds is 4. The fourth-order valence-electron chi connectivity index (χ4n) is 1.47. The number of imidazole rings is 1. The average Bonchev–Trinajstić information content (AvgIpc) is 2.73. The summed E-state index contributed by atoms with van der Waals surface area (Å²) < 4.78 is 40.8. The number of nitro benzene ring substituents is 1. The van der Waals surface area contributed by atoms with Gasteiger partial charge in [0.1, 0.15) is 11.0 Å². The van der Waals surface area contributed by atoms with Gasteiger partial charge in [-0.2, -0.15) is 8.42 Å². The van der Waals surface area contributed by atoms with Gasteiger partial charge in [-0.3, -0.25) is 14.8 Å². The standard InChI is InChI=1S/C10H8ClFN4O4S/c1-15-5-13-10(9(15)11)21(19,20)14-8-4-6(16(17)18)2-3-7(8)12/h2-5,14H,1H3. The topological polar surface area (TPSA) is 107 Å². The highest BCUT2D eigenvalue weighted by Crippen LogP contribution is 2.26. The normalized spacial score (nSPS) is 11.4. The smallest absolute Gasteiger partial charge is 0.282 e. The molecule has 1 N–H and O–H groups in total. The summed E-state index contributed by atoms with van der Waals surface area (Å²) in [6.45, 7) is 0. The minimum atomic E-state index is -4.26. The Bertz CT molecular complexity index is 820. The number of nitrogens with zero attached hydrogens (tertiary/aromatic N) is 3. The van der Waals surface area contributed by atoms with Crippen LogP contribution in [0.25, 0.3) is 0 Å². The van der Waals surface area contributed by atoms with Crippen molar-refractivity contribution in [1.82, 2.24) is 9.55 Å². The van der Waals surface area contributed by atoms with Crippen LogP contribution < -0.4 is 4.72 Å². The lowest BCUT2D eigenvalue weighted by molar-refractivity contribution is -0.384. The molecule has 1 aromatic heterocycles. The van der Waals surface area contributed by atoms with E-state index >= 15 is 0 Å². The molecule has 112 valence electrons. The van der Waals surface area contributed by atoms with Crippen molar-refractivity contribution >= 4 is 33.0 Å². The average molecular weight is 335 g/mol. The highest BCUT2D eigenvalue weighted by atomic mass is 35.5. The summed E-state index contributed by atoms with van der Waals surface area (Å²) in [5.41, 5.74) is -1.02. The summed E-state index contributed by atoms with van der Waals surface area (Å²) in [4.78, 5) is 13.4. The Kier molecular flexibility index (Phi) is 3.83. The molecule has 0 aliphatic heterocycles. The Morgan fingerprint density at radius 3 is 2.67 bits per heavy atom. The predicted octanol–water partition coefficient (Wildman–Crippen LogP) is 1.92. The van der Waals surface area contributed by atoms with Crippen molar-refractivity contribution in [1.29, 1.82) is 0 Å². The quantitative estimate of drug-likeness (QED) is 0.679. The highest BCUT2D eigenvalue weighted by molar-refractivity contribution is 7.92. The fraction of sp³-hybridized carbons (Fsp3) is 0.100. The molecular formula is C10H8ClFN4O4S. The third-order valence-corrected chi connectivity index (χ3v) is 4.35. The molecule has 21 heavy (non-hydrogen) atoms. The maximum Gasteiger partial charge on any atom is 0.282 e. The second-order valence-electron chi connectivity index (χ2n) is 3.98. The Hall–Kier alpha value is -2.20. The van der Waals surface area contributed by atoms with Crippen LogP contribution in [0.2, 0.25) is 5.15 Å². The van der Waals surface area contributed by atoms with E-state index in [0.29, 0.717) is 0 Å². The predicted molar refractivity (Wildman–Crippen MR) is 72.1 cm³/mol. The van der Waals surface area contributed by atoms with E-state index < -0.39 is 37.2 Å². The summed E-state index contributed by atoms with van der Waals surface area (Å²) in [5, 5.41) is 9.95. The lowest BCUT2D eigenvalue weighted by atomic mass is 10.3. The number of nitro groups is 1. The van der Waals surface area contributed by atoms with Gasteiger partial charge in [0.2, 0.25) is 5.03 Å². The maximum atomic E-state index is 13.6. The zero-order chi connectivity index (χ0) is 15.8. The SMILES string of the molecule is Cn1cnc(S(=O)(=O)Nc2cc([N+](=O)[O-])ccc2F)c1Cl. The maximum absolute atomic E-state index is 13.6. The van der Waals surface area contributed by atoms with E-state index in [1.54, 1.807) is 0 Å². The lowest BCUT2D eigenvalue weighted by Crippen LogP contribution is -2.15. The van der Waals surface area contributed by atoms with E-state index in [4.69, 9.17) is 11.6 Å². The van der Waals surface area contributed by atoms with Crippen LogP contribution in [0.1, 0.15) is 0 Å². The number of aromatic nitrogens is 2. The molecule has 0 atom stereocenters. The number of hydrogen-bond acceptors (Lipinski definition) is 5. The molecule has 2 rings (SSSR count). The number of sulfonamides is 1. The number of hydrogen-bond donors (Lipinski definition) is 1. The van der Waals surface area contributed by atoms with Gasteiger partial charge >= 0.3 is 0 Å². The first kappa shape index (κ1) is 15.2. The zero-order valence-corrected chi connectivity index (χ0v) is 12.0. The van der Waals surface area contributed by atoms with Gasteiger partial charge in [-0.25, -0.2) is 9.37 Å². The number of aryl methyl sites for hydroxylation is 1. The van der Waals surface area contributed by atoms with Crippen LogP contribution in [0.3, 0.4) is 0 Å². The molecule has 0 radical (unpaired) electrons. The molecule has 0 spiro atoms. The van der Waals surface area contributed by atoms with Crippen LogP contribution in [-0.4, -0.2) is 22.9 Å². The van der Waals surface area contributed by atoms with E-state index in [9.17, 15) is 22.9 Å². The summed E-state index contributed by atoms with van der Waals surface area (Å²) in [7, 11) is -2.79. The monoisotopic (exact) mass is 334 g/mol.